The van der Waals surface area contributed by atoms with E-state index in [1.807, 2.05) is 36.2 Å². The molecule has 1 unspecified atom stereocenters. The van der Waals surface area contributed by atoms with Crippen LogP contribution in [-0.2, 0) is 11.2 Å². The number of benzene rings is 1. The Bertz CT molecular complexity index is 401. The molecule has 0 saturated carbocycles. The largest absolute Gasteiger partial charge is 0.398 e. The molecular formula is C15H24N2O. The molecule has 1 aromatic carbocycles. The zero-order chi connectivity index (χ0) is 13.7. The molecule has 0 radical (unpaired) electrons. The minimum atomic E-state index is 0.126. The molecule has 3 nitrogen and oxygen atoms in total. The van der Waals surface area contributed by atoms with Gasteiger partial charge in [-0.25, -0.2) is 0 Å². The van der Waals surface area contributed by atoms with Gasteiger partial charge in [0.1, 0.15) is 0 Å². The molecule has 3 heteroatoms. The van der Waals surface area contributed by atoms with Gasteiger partial charge in [-0.15, -0.1) is 0 Å². The lowest BCUT2D eigenvalue weighted by atomic mass is 10.0. The Morgan fingerprint density at radius 2 is 1.89 bits per heavy atom. The zero-order valence-corrected chi connectivity index (χ0v) is 11.8. The zero-order valence-electron chi connectivity index (χ0n) is 11.8. The molecule has 0 aliphatic rings. The fraction of sp³-hybridized carbons (Fsp3) is 0.533. The first kappa shape index (κ1) is 14.6. The summed E-state index contributed by atoms with van der Waals surface area (Å²) >= 11 is 0. The third-order valence-electron chi connectivity index (χ3n) is 3.26. The van der Waals surface area contributed by atoms with E-state index in [0.29, 0.717) is 18.0 Å². The van der Waals surface area contributed by atoms with Crippen molar-refractivity contribution in [1.82, 2.24) is 4.90 Å². The number of rotatable bonds is 5. The summed E-state index contributed by atoms with van der Waals surface area (Å²) in [6.45, 7) is 6.43. The lowest BCUT2D eigenvalue weighted by Crippen LogP contribution is -2.37. The first-order chi connectivity index (χ1) is 8.41. The number of anilines is 1. The molecule has 1 atom stereocenters. The van der Waals surface area contributed by atoms with Gasteiger partial charge in [0, 0.05) is 18.8 Å². The summed E-state index contributed by atoms with van der Waals surface area (Å²) in [7, 11) is 1.87. The van der Waals surface area contributed by atoms with Gasteiger partial charge in [-0.3, -0.25) is 4.79 Å². The van der Waals surface area contributed by atoms with E-state index in [9.17, 15) is 4.79 Å². The smallest absolute Gasteiger partial charge is 0.227 e. The molecule has 1 aromatic rings. The van der Waals surface area contributed by atoms with Crippen LogP contribution in [-0.4, -0.2) is 23.9 Å². The van der Waals surface area contributed by atoms with E-state index in [1.54, 1.807) is 0 Å². The fourth-order valence-electron chi connectivity index (χ4n) is 2.07. The molecule has 1 rings (SSSR count). The average molecular weight is 248 g/mol. The number of nitrogens with two attached hydrogens (primary N) is 1. The standard InChI is InChI=1S/C15H24N2O/c1-11(2)9-12(3)17(4)15(18)10-13-7-5-6-8-14(13)16/h5-8,11-12H,9-10,16H2,1-4H3. The van der Waals surface area contributed by atoms with Crippen LogP contribution in [0.4, 0.5) is 5.69 Å². The number of likely N-dealkylation sites (N-methyl/N-ethyl adjacent to an activating group) is 1. The number of hydrogen-bond acceptors (Lipinski definition) is 2. The molecular weight excluding hydrogens is 224 g/mol. The summed E-state index contributed by atoms with van der Waals surface area (Å²) < 4.78 is 0. The highest BCUT2D eigenvalue weighted by Gasteiger charge is 2.17. The van der Waals surface area contributed by atoms with Crippen LogP contribution < -0.4 is 5.73 Å². The SMILES string of the molecule is CC(C)CC(C)N(C)C(=O)Cc1ccccc1N. The van der Waals surface area contributed by atoms with Crippen LogP contribution in [0.1, 0.15) is 32.8 Å². The van der Waals surface area contributed by atoms with Crippen molar-refractivity contribution in [1.29, 1.82) is 0 Å². The van der Waals surface area contributed by atoms with E-state index >= 15 is 0 Å². The monoisotopic (exact) mass is 248 g/mol. The predicted octanol–water partition coefficient (Wildman–Crippen LogP) is 2.70. The van der Waals surface area contributed by atoms with E-state index < -0.39 is 0 Å². The minimum Gasteiger partial charge on any atom is -0.398 e. The van der Waals surface area contributed by atoms with Crippen molar-refractivity contribution < 1.29 is 4.79 Å². The van der Waals surface area contributed by atoms with Gasteiger partial charge in [0.2, 0.25) is 5.91 Å². The van der Waals surface area contributed by atoms with Crippen LogP contribution in [0.15, 0.2) is 24.3 Å². The van der Waals surface area contributed by atoms with E-state index in [1.165, 1.54) is 0 Å². The van der Waals surface area contributed by atoms with Crippen LogP contribution >= 0.6 is 0 Å². The van der Waals surface area contributed by atoms with Crippen LogP contribution in [0.5, 0.6) is 0 Å². The number of carbonyl (C=O) groups is 1. The second-order valence-electron chi connectivity index (χ2n) is 5.36. The lowest BCUT2D eigenvalue weighted by molar-refractivity contribution is -0.131. The summed E-state index contributed by atoms with van der Waals surface area (Å²) in [5.74, 6) is 0.720. The Morgan fingerprint density at radius 3 is 2.44 bits per heavy atom. The number of hydrogen-bond donors (Lipinski definition) is 1. The van der Waals surface area contributed by atoms with Gasteiger partial charge >= 0.3 is 0 Å². The van der Waals surface area contributed by atoms with Gasteiger partial charge in [0.15, 0.2) is 0 Å². The number of nitrogens with zero attached hydrogens (tertiary/aromatic N) is 1. The van der Waals surface area contributed by atoms with Gasteiger partial charge < -0.3 is 10.6 Å². The second-order valence-corrected chi connectivity index (χ2v) is 5.36. The molecule has 0 bridgehead atoms. The quantitative estimate of drug-likeness (QED) is 0.814. The molecule has 0 saturated heterocycles. The van der Waals surface area contributed by atoms with Crippen molar-refractivity contribution >= 4 is 11.6 Å². The lowest BCUT2D eigenvalue weighted by Gasteiger charge is -2.26. The van der Waals surface area contributed by atoms with Gasteiger partial charge in [0.05, 0.1) is 6.42 Å². The van der Waals surface area contributed by atoms with Crippen LogP contribution in [0.3, 0.4) is 0 Å². The van der Waals surface area contributed by atoms with Gasteiger partial charge in [-0.05, 0) is 30.9 Å². The van der Waals surface area contributed by atoms with Crippen LogP contribution in [0.25, 0.3) is 0 Å². The molecule has 0 heterocycles. The molecule has 0 aliphatic carbocycles. The molecule has 1 amide bonds. The third kappa shape index (κ3) is 4.06. The van der Waals surface area contributed by atoms with E-state index in [0.717, 1.165) is 12.0 Å². The maximum atomic E-state index is 12.2. The summed E-state index contributed by atoms with van der Waals surface area (Å²) in [5, 5.41) is 0. The highest BCUT2D eigenvalue weighted by molar-refractivity contribution is 5.80. The van der Waals surface area contributed by atoms with Crippen molar-refractivity contribution in [2.24, 2.45) is 5.92 Å². The molecule has 100 valence electrons. The summed E-state index contributed by atoms with van der Waals surface area (Å²) in [5.41, 5.74) is 7.45. The van der Waals surface area contributed by atoms with Crippen molar-refractivity contribution in [3.63, 3.8) is 0 Å². The van der Waals surface area contributed by atoms with E-state index in [4.69, 9.17) is 5.73 Å². The first-order valence-electron chi connectivity index (χ1n) is 6.50. The maximum Gasteiger partial charge on any atom is 0.227 e. The number of para-hydroxylation sites is 1. The Morgan fingerprint density at radius 1 is 1.28 bits per heavy atom. The number of carbonyl (C=O) groups excluding carboxylic acids is 1. The topological polar surface area (TPSA) is 46.3 Å². The summed E-state index contributed by atoms with van der Waals surface area (Å²) in [4.78, 5) is 14.0. The number of amides is 1. The molecule has 0 aromatic heterocycles. The van der Waals surface area contributed by atoms with Crippen LogP contribution in [0.2, 0.25) is 0 Å². The van der Waals surface area contributed by atoms with Crippen LogP contribution in [0, 0.1) is 5.92 Å². The Labute approximate surface area is 110 Å². The third-order valence-corrected chi connectivity index (χ3v) is 3.26. The van der Waals surface area contributed by atoms with Crippen molar-refractivity contribution in [2.45, 2.75) is 39.7 Å². The Kier molecular flexibility index (Phi) is 5.20. The van der Waals surface area contributed by atoms with E-state index in [2.05, 4.69) is 20.8 Å². The normalized spacial score (nSPS) is 12.5. The maximum absolute atomic E-state index is 12.2. The molecule has 0 spiro atoms. The highest BCUT2D eigenvalue weighted by Crippen LogP contribution is 2.15. The fourth-order valence-corrected chi connectivity index (χ4v) is 2.07. The number of nitrogen functional groups attached to an aromatic ring is 1. The minimum absolute atomic E-state index is 0.126. The van der Waals surface area contributed by atoms with Gasteiger partial charge in [-0.2, -0.15) is 0 Å². The molecule has 2 N–H and O–H groups in total. The van der Waals surface area contributed by atoms with Crippen molar-refractivity contribution in [3.05, 3.63) is 29.8 Å². The van der Waals surface area contributed by atoms with Gasteiger partial charge in [-0.1, -0.05) is 32.0 Å². The molecule has 0 fully saturated rings. The Hall–Kier alpha value is -1.51. The second kappa shape index (κ2) is 6.43. The van der Waals surface area contributed by atoms with Crippen molar-refractivity contribution in [2.75, 3.05) is 12.8 Å². The molecule has 0 aliphatic heterocycles. The first-order valence-corrected chi connectivity index (χ1v) is 6.50. The highest BCUT2D eigenvalue weighted by atomic mass is 16.2. The molecule has 18 heavy (non-hydrogen) atoms. The summed E-state index contributed by atoms with van der Waals surface area (Å²) in [6.07, 6.45) is 1.40. The summed E-state index contributed by atoms with van der Waals surface area (Å²) in [6, 6.07) is 7.81. The van der Waals surface area contributed by atoms with E-state index in [-0.39, 0.29) is 11.9 Å². The average Bonchev–Trinajstić information content (AvgIpc) is 2.30. The van der Waals surface area contributed by atoms with Crippen molar-refractivity contribution in [3.8, 4) is 0 Å². The van der Waals surface area contributed by atoms with Gasteiger partial charge in [0.25, 0.3) is 0 Å². The Balaban J connectivity index is 2.63. The predicted molar refractivity (Wildman–Crippen MR) is 76.2 cm³/mol.